The number of hydrogen-bond acceptors (Lipinski definition) is 15. The molecule has 3 N–H and O–H groups in total. The normalized spacial score (nSPS) is 19.9. The zero-order chi connectivity index (χ0) is 74.3. The average molecular weight is 1410 g/mol. The number of hydrogen-bond donors (Lipinski definition) is 3. The Bertz CT molecular complexity index is 2950. The predicted octanol–water partition coefficient (Wildman–Crippen LogP) is 12.0. The molecular weight excluding hydrogens is 1290 g/mol. The highest BCUT2D eigenvalue weighted by Crippen LogP contribution is 2.35. The van der Waals surface area contributed by atoms with E-state index in [0.717, 1.165) is 37.9 Å². The summed E-state index contributed by atoms with van der Waals surface area (Å²) in [4.78, 5) is 133. The molecule has 1 unspecified atom stereocenters. The van der Waals surface area contributed by atoms with Gasteiger partial charge in [-0.15, -0.1) is 0 Å². The van der Waals surface area contributed by atoms with Crippen molar-refractivity contribution in [2.24, 2.45) is 53.3 Å². The Balaban J connectivity index is 1.20. The van der Waals surface area contributed by atoms with Crippen molar-refractivity contribution in [2.45, 2.75) is 247 Å². The van der Waals surface area contributed by atoms with Gasteiger partial charge >= 0.3 is 12.3 Å². The van der Waals surface area contributed by atoms with E-state index in [9.17, 15) is 61.4 Å². The summed E-state index contributed by atoms with van der Waals surface area (Å²) in [5, 5.41) is 16.6. The van der Waals surface area contributed by atoms with E-state index in [0.29, 0.717) is 69.3 Å². The number of halogens is 3. The van der Waals surface area contributed by atoms with Crippen molar-refractivity contribution >= 4 is 58.7 Å². The number of nitrogens with one attached hydrogen (secondary N) is 2. The molecule has 0 bridgehead atoms. The number of likely N-dealkylation sites (tertiary alicyclic amines) is 3. The molecule has 2 aromatic carbocycles. The van der Waals surface area contributed by atoms with Crippen LogP contribution in [0.2, 0.25) is 0 Å². The van der Waals surface area contributed by atoms with Crippen molar-refractivity contribution < 1.29 is 75.6 Å². The van der Waals surface area contributed by atoms with Crippen molar-refractivity contribution in [2.75, 3.05) is 66.4 Å². The van der Waals surface area contributed by atoms with Gasteiger partial charge in [0.25, 0.3) is 0 Å². The molecule has 0 saturated carbocycles. The summed E-state index contributed by atoms with van der Waals surface area (Å²) in [5.41, 5.74) is 1.67. The highest BCUT2D eigenvalue weighted by atomic mass is 19.4. The number of unbranched alkanes of at least 4 members (excludes halogenated alkanes) is 2. The number of methoxy groups -OCH3 is 2. The first-order chi connectivity index (χ1) is 47.3. The molecule has 3 aliphatic heterocycles. The lowest BCUT2D eigenvalue weighted by Crippen LogP contribution is -2.54. The maximum Gasteiger partial charge on any atom is 0.410 e. The number of benzene rings is 2. The number of Topliss-reactive ketones (excluding diaryl/α,β-unsaturated/α-hetero) is 3. The van der Waals surface area contributed by atoms with E-state index in [4.69, 9.17) is 14.2 Å². The van der Waals surface area contributed by atoms with Gasteiger partial charge in [0.2, 0.25) is 29.5 Å². The lowest BCUT2D eigenvalue weighted by molar-refractivity contribution is -0.161. The first-order valence-corrected chi connectivity index (χ1v) is 36.9. The monoisotopic (exact) mass is 1410 g/mol. The molecular formula is C77H120F3N7O13. The molecule has 14 atom stereocenters. The number of rotatable bonds is 42. The van der Waals surface area contributed by atoms with E-state index >= 15 is 0 Å². The lowest BCUT2D eigenvalue weighted by atomic mass is 9.83. The second kappa shape index (κ2) is 40.6. The number of aliphatic hydroxyl groups excluding tert-OH is 1. The van der Waals surface area contributed by atoms with Crippen molar-refractivity contribution in [3.8, 4) is 0 Å². The van der Waals surface area contributed by atoms with Crippen molar-refractivity contribution in [3.05, 3.63) is 65.7 Å². The number of piperidine rings is 1. The van der Waals surface area contributed by atoms with Crippen molar-refractivity contribution in [1.29, 1.82) is 0 Å². The number of amides is 6. The Hall–Kier alpha value is -6.14. The number of ether oxygens (including phenoxy) is 3. The number of nitrogens with zero attached hydrogens (tertiary/aromatic N) is 5. The SMILES string of the molecule is CC[C@H](C)[C@@H]([C@@H](CC(=O)N1CCC[C@H]1[C@H](OC)[C@@H](C)C(=O)C[C@H](C)[C@@H](O)c1ccccc1)OC)N(C)C(=O)[C@@H](CC(=O)[C@H](C(C)C)N(C)C(=O)OCc1ccc(NC(=O)[C@H](CCCN2CCCCC2)CC(=O)[C@@H](N[C@H](CCCCCN2C(=O)CC(C)C2=O)C(F)(F)F)C(C)C)cc1)C(C)C. The van der Waals surface area contributed by atoms with Crippen LogP contribution in [0.1, 0.15) is 203 Å². The van der Waals surface area contributed by atoms with Crippen LogP contribution in [0.4, 0.5) is 23.7 Å². The molecule has 100 heavy (non-hydrogen) atoms. The lowest BCUT2D eigenvalue weighted by Gasteiger charge is -2.41. The number of anilines is 1. The zero-order valence-electron chi connectivity index (χ0n) is 62.5. The fourth-order valence-corrected chi connectivity index (χ4v) is 15.0. The molecule has 20 nitrogen and oxygen atoms in total. The van der Waals surface area contributed by atoms with Crippen LogP contribution in [0.3, 0.4) is 0 Å². The van der Waals surface area contributed by atoms with Crippen LogP contribution in [0.15, 0.2) is 54.6 Å². The second-order valence-corrected chi connectivity index (χ2v) is 29.9. The predicted molar refractivity (Wildman–Crippen MR) is 379 cm³/mol. The Morgan fingerprint density at radius 2 is 1.36 bits per heavy atom. The van der Waals surface area contributed by atoms with Gasteiger partial charge in [-0.1, -0.05) is 144 Å². The minimum atomic E-state index is -4.68. The van der Waals surface area contributed by atoms with Gasteiger partial charge in [-0.05, 0) is 124 Å². The summed E-state index contributed by atoms with van der Waals surface area (Å²) >= 11 is 0. The number of aliphatic hydroxyl groups is 1. The smallest absolute Gasteiger partial charge is 0.410 e. The van der Waals surface area contributed by atoms with Gasteiger partial charge in [-0.3, -0.25) is 48.6 Å². The number of likely N-dealkylation sites (N-methyl/N-ethyl adjacent to an activating group) is 2. The quantitative estimate of drug-likeness (QED) is 0.0413. The summed E-state index contributed by atoms with van der Waals surface area (Å²) in [5.74, 6) is -6.80. The fraction of sp³-hybridized carbons (Fsp3) is 0.727. The van der Waals surface area contributed by atoms with Gasteiger partial charge in [0, 0.05) is 96.4 Å². The third-order valence-corrected chi connectivity index (χ3v) is 21.3. The van der Waals surface area contributed by atoms with Gasteiger partial charge in [-0.2, -0.15) is 13.2 Å². The standard InChI is InChI=1S/C77H120F3N7O13/c1-16-51(8)70(64(98-14)46-67(92)86-41-27-31-60(86)72(99-15)54(11)61(88)42-52(9)71(93)56-28-20-17-21-29-56)83(12)75(96)59(48(2)3)45-63(90)69(50(6)7)84(13)76(97)100-47-55-33-35-58(36-34-55)81-73(94)57(30-26-39-85-37-23-19-24-38-85)44-62(89)68(49(4)5)82-65(77(78,79)80)32-22-18-25-40-87-66(91)43-53(10)74(87)95/h17,20-21,28-29,33-36,48-54,57,59-60,64-65,68-72,82,93H,16,18-19,22-27,30-32,37-47H2,1-15H3,(H,81,94)/t51-,52-,53?,54-,57+,59-,60-,64+,65+,68-,69-,70-,71+,72+/m0/s1. The van der Waals surface area contributed by atoms with Crippen LogP contribution in [0.25, 0.3) is 0 Å². The molecule has 3 fully saturated rings. The largest absolute Gasteiger partial charge is 0.445 e. The topological polar surface area (TPSA) is 242 Å². The molecule has 562 valence electrons. The first kappa shape index (κ1) is 84.5. The number of carbonyl (C=O) groups excluding carboxylic acids is 9. The Morgan fingerprint density at radius 1 is 0.700 bits per heavy atom. The molecule has 0 spiro atoms. The third-order valence-electron chi connectivity index (χ3n) is 21.3. The Kier molecular flexibility index (Phi) is 34.3. The third kappa shape index (κ3) is 24.2. The molecule has 0 aliphatic carbocycles. The second-order valence-electron chi connectivity index (χ2n) is 29.9. The fourth-order valence-electron chi connectivity index (χ4n) is 15.0. The zero-order valence-corrected chi connectivity index (χ0v) is 62.5. The molecule has 23 heteroatoms. The van der Waals surface area contributed by atoms with Gasteiger partial charge in [-0.25, -0.2) is 4.79 Å². The van der Waals surface area contributed by atoms with E-state index in [2.05, 4.69) is 15.5 Å². The first-order valence-electron chi connectivity index (χ1n) is 36.9. The van der Waals surface area contributed by atoms with Crippen LogP contribution in [-0.4, -0.2) is 192 Å². The summed E-state index contributed by atoms with van der Waals surface area (Å²) in [6, 6.07) is 10.6. The molecule has 0 aromatic heterocycles. The van der Waals surface area contributed by atoms with E-state index in [-0.39, 0.29) is 117 Å². The van der Waals surface area contributed by atoms with E-state index in [1.807, 2.05) is 85.7 Å². The summed E-state index contributed by atoms with van der Waals surface area (Å²) < 4.78 is 61.8. The molecule has 3 saturated heterocycles. The van der Waals surface area contributed by atoms with Crippen LogP contribution in [0.5, 0.6) is 0 Å². The molecule has 0 radical (unpaired) electrons. The number of ketones is 3. The van der Waals surface area contributed by atoms with Crippen molar-refractivity contribution in [1.82, 2.24) is 29.8 Å². The Labute approximate surface area is 593 Å². The van der Waals surface area contributed by atoms with E-state index in [1.54, 1.807) is 69.0 Å². The summed E-state index contributed by atoms with van der Waals surface area (Å²) in [7, 11) is 6.24. The molecule has 3 aliphatic rings. The van der Waals surface area contributed by atoms with Crippen LogP contribution in [-0.2, 0) is 59.2 Å². The number of alkyl halides is 3. The maximum absolute atomic E-state index is 14.9. The van der Waals surface area contributed by atoms with Crippen LogP contribution < -0.4 is 10.6 Å². The highest BCUT2D eigenvalue weighted by Gasteiger charge is 2.46. The molecule has 3 heterocycles. The Morgan fingerprint density at radius 3 is 1.93 bits per heavy atom. The number of imide groups is 1. The van der Waals surface area contributed by atoms with Gasteiger partial charge in [0.1, 0.15) is 18.4 Å². The summed E-state index contributed by atoms with van der Waals surface area (Å²) in [6.45, 7) is 23.0. The highest BCUT2D eigenvalue weighted by molar-refractivity contribution is 6.03. The summed E-state index contributed by atoms with van der Waals surface area (Å²) in [6.07, 6.45) is -1.21. The van der Waals surface area contributed by atoms with E-state index in [1.165, 1.54) is 24.0 Å². The molecule has 5 rings (SSSR count). The van der Waals surface area contributed by atoms with Gasteiger partial charge < -0.3 is 44.2 Å². The molecule has 6 amide bonds. The number of carbonyl (C=O) groups is 9. The van der Waals surface area contributed by atoms with Crippen molar-refractivity contribution in [3.63, 3.8) is 0 Å². The van der Waals surface area contributed by atoms with E-state index < -0.39 is 102 Å². The minimum absolute atomic E-state index is 0.0582. The van der Waals surface area contributed by atoms with Crippen LogP contribution in [0, 0.1) is 53.3 Å². The van der Waals surface area contributed by atoms with Crippen LogP contribution >= 0.6 is 0 Å². The van der Waals surface area contributed by atoms with Gasteiger partial charge in [0.15, 0.2) is 11.6 Å². The van der Waals surface area contributed by atoms with Gasteiger partial charge in [0.05, 0.1) is 48.9 Å². The minimum Gasteiger partial charge on any atom is -0.445 e. The average Bonchev–Trinajstić information content (AvgIpc) is 1.13. The molecule has 2 aromatic rings. The maximum atomic E-state index is 14.9.